The van der Waals surface area contributed by atoms with Gasteiger partial charge < -0.3 is 8.83 Å². The van der Waals surface area contributed by atoms with Crippen molar-refractivity contribution >= 4 is 23.7 Å². The highest BCUT2D eigenvalue weighted by Crippen LogP contribution is 2.24. The lowest BCUT2D eigenvalue weighted by molar-refractivity contribution is 0.556. The van der Waals surface area contributed by atoms with E-state index in [2.05, 4.69) is 11.1 Å². The predicted molar refractivity (Wildman–Crippen MR) is 98.0 cm³/mol. The summed E-state index contributed by atoms with van der Waals surface area (Å²) in [7, 11) is 0. The van der Waals surface area contributed by atoms with Gasteiger partial charge in [-0.25, -0.2) is 9.99 Å². The SMILES string of the molecule is C(=Cc1ccco1)C1=NN(c2ccccn2)C(C=Cc2ccco2)C1. The lowest BCUT2D eigenvalue weighted by Crippen LogP contribution is -2.24. The molecule has 0 amide bonds. The van der Waals surface area contributed by atoms with Crippen LogP contribution in [0.4, 0.5) is 5.82 Å². The smallest absolute Gasteiger partial charge is 0.149 e. The van der Waals surface area contributed by atoms with Gasteiger partial charge in [-0.1, -0.05) is 12.1 Å². The minimum Gasteiger partial charge on any atom is -0.465 e. The van der Waals surface area contributed by atoms with Crippen molar-refractivity contribution in [3.05, 3.63) is 84.9 Å². The standard InChI is InChI=1S/C20H17N3O2/c1-2-12-21-20(7-1)23-17(9-11-19-6-4-14-25-19)15-16(22-23)8-10-18-5-3-13-24-18/h1-14,17H,15H2. The second-order valence-electron chi connectivity index (χ2n) is 5.62. The second-order valence-corrected chi connectivity index (χ2v) is 5.62. The molecule has 4 rings (SSSR count). The zero-order valence-electron chi connectivity index (χ0n) is 13.5. The minimum absolute atomic E-state index is 0.0799. The van der Waals surface area contributed by atoms with Crippen molar-refractivity contribution in [2.75, 3.05) is 5.01 Å². The molecule has 0 radical (unpaired) electrons. The van der Waals surface area contributed by atoms with Crippen molar-refractivity contribution in [2.24, 2.45) is 5.10 Å². The fourth-order valence-corrected chi connectivity index (χ4v) is 2.67. The van der Waals surface area contributed by atoms with Crippen LogP contribution >= 0.6 is 0 Å². The summed E-state index contributed by atoms with van der Waals surface area (Å²) in [6, 6.07) is 13.5. The molecule has 4 heterocycles. The van der Waals surface area contributed by atoms with E-state index in [1.54, 1.807) is 18.7 Å². The van der Waals surface area contributed by atoms with E-state index >= 15 is 0 Å². The fourth-order valence-electron chi connectivity index (χ4n) is 2.67. The van der Waals surface area contributed by atoms with Gasteiger partial charge in [0.05, 0.1) is 24.3 Å². The third-order valence-corrected chi connectivity index (χ3v) is 3.86. The van der Waals surface area contributed by atoms with Crippen molar-refractivity contribution in [3.8, 4) is 0 Å². The molecule has 3 aromatic rings. The lowest BCUT2D eigenvalue weighted by atomic mass is 10.1. The van der Waals surface area contributed by atoms with Gasteiger partial charge in [-0.05, 0) is 54.6 Å². The molecule has 0 fully saturated rings. The number of pyridine rings is 1. The molecule has 0 saturated carbocycles. The Balaban J connectivity index is 1.57. The van der Waals surface area contributed by atoms with E-state index in [0.29, 0.717) is 0 Å². The maximum Gasteiger partial charge on any atom is 0.149 e. The number of allylic oxidation sites excluding steroid dienone is 1. The average Bonchev–Trinajstić information content (AvgIpc) is 3.40. The Bertz CT molecular complexity index is 878. The van der Waals surface area contributed by atoms with Crippen LogP contribution in [0, 0.1) is 0 Å². The van der Waals surface area contributed by atoms with E-state index < -0.39 is 0 Å². The number of rotatable bonds is 5. The van der Waals surface area contributed by atoms with Crippen LogP contribution in [0.25, 0.3) is 12.2 Å². The van der Waals surface area contributed by atoms with Crippen molar-refractivity contribution in [1.82, 2.24) is 4.98 Å². The molecule has 1 atom stereocenters. The molecule has 0 aliphatic carbocycles. The normalized spacial score (nSPS) is 17.7. The van der Waals surface area contributed by atoms with Crippen LogP contribution in [0.2, 0.25) is 0 Å². The fraction of sp³-hybridized carbons (Fsp3) is 0.100. The molecule has 5 nitrogen and oxygen atoms in total. The lowest BCUT2D eigenvalue weighted by Gasteiger charge is -2.19. The van der Waals surface area contributed by atoms with E-state index in [1.165, 1.54) is 0 Å². The maximum absolute atomic E-state index is 5.37. The first-order valence-corrected chi connectivity index (χ1v) is 8.09. The summed E-state index contributed by atoms with van der Waals surface area (Å²) in [5, 5.41) is 6.65. The highest BCUT2D eigenvalue weighted by Gasteiger charge is 2.25. The Morgan fingerprint density at radius 3 is 2.40 bits per heavy atom. The van der Waals surface area contributed by atoms with Gasteiger partial charge in [0.15, 0.2) is 0 Å². The Labute approximate surface area is 145 Å². The van der Waals surface area contributed by atoms with Crippen LogP contribution in [0.15, 0.2) is 87.3 Å². The molecular formula is C20H17N3O2. The number of furan rings is 2. The molecular weight excluding hydrogens is 314 g/mol. The van der Waals surface area contributed by atoms with Crippen molar-refractivity contribution in [1.29, 1.82) is 0 Å². The first kappa shape index (κ1) is 15.2. The summed E-state index contributed by atoms with van der Waals surface area (Å²) in [6.45, 7) is 0. The summed E-state index contributed by atoms with van der Waals surface area (Å²) in [5.74, 6) is 2.44. The molecule has 0 spiro atoms. The molecule has 0 N–H and O–H groups in total. The first-order valence-electron chi connectivity index (χ1n) is 8.09. The summed E-state index contributed by atoms with van der Waals surface area (Å²) >= 11 is 0. The number of hydrogen-bond donors (Lipinski definition) is 0. The van der Waals surface area contributed by atoms with Crippen LogP contribution in [-0.4, -0.2) is 16.7 Å². The van der Waals surface area contributed by atoms with Gasteiger partial charge in [0.2, 0.25) is 0 Å². The number of hydrazone groups is 1. The molecule has 1 unspecified atom stereocenters. The van der Waals surface area contributed by atoms with E-state index in [0.717, 1.165) is 29.5 Å². The highest BCUT2D eigenvalue weighted by molar-refractivity contribution is 6.01. The van der Waals surface area contributed by atoms with Crippen LogP contribution in [0.5, 0.6) is 0 Å². The van der Waals surface area contributed by atoms with Crippen LogP contribution in [0.3, 0.4) is 0 Å². The molecule has 0 aromatic carbocycles. The van der Waals surface area contributed by atoms with Gasteiger partial charge in [0.1, 0.15) is 17.3 Å². The van der Waals surface area contributed by atoms with Gasteiger partial charge in [0.25, 0.3) is 0 Å². The van der Waals surface area contributed by atoms with Gasteiger partial charge in [0, 0.05) is 12.6 Å². The van der Waals surface area contributed by atoms with E-state index in [4.69, 9.17) is 13.9 Å². The number of aromatic nitrogens is 1. The van der Waals surface area contributed by atoms with Gasteiger partial charge >= 0.3 is 0 Å². The predicted octanol–water partition coefficient (Wildman–Crippen LogP) is 4.63. The number of anilines is 1. The van der Waals surface area contributed by atoms with Crippen molar-refractivity contribution in [2.45, 2.75) is 12.5 Å². The molecule has 0 saturated heterocycles. The summed E-state index contributed by atoms with van der Waals surface area (Å²) < 4.78 is 10.7. The topological polar surface area (TPSA) is 54.8 Å². The molecule has 124 valence electrons. The molecule has 5 heteroatoms. The number of hydrogen-bond acceptors (Lipinski definition) is 5. The number of nitrogens with zero attached hydrogens (tertiary/aromatic N) is 3. The van der Waals surface area contributed by atoms with Gasteiger partial charge in [-0.2, -0.15) is 5.10 Å². The molecule has 1 aliphatic heterocycles. The summed E-state index contributed by atoms with van der Waals surface area (Å²) in [4.78, 5) is 4.42. The van der Waals surface area contributed by atoms with Crippen molar-refractivity contribution in [3.63, 3.8) is 0 Å². The zero-order chi connectivity index (χ0) is 16.9. The molecule has 0 bridgehead atoms. The Morgan fingerprint density at radius 1 is 0.920 bits per heavy atom. The monoisotopic (exact) mass is 331 g/mol. The highest BCUT2D eigenvalue weighted by atomic mass is 16.3. The Kier molecular flexibility index (Phi) is 4.29. The minimum atomic E-state index is 0.0799. The van der Waals surface area contributed by atoms with E-state index in [9.17, 15) is 0 Å². The van der Waals surface area contributed by atoms with Crippen LogP contribution in [-0.2, 0) is 0 Å². The van der Waals surface area contributed by atoms with E-state index in [-0.39, 0.29) is 6.04 Å². The summed E-state index contributed by atoms with van der Waals surface area (Å²) in [5.41, 5.74) is 0.969. The third-order valence-electron chi connectivity index (χ3n) is 3.86. The Morgan fingerprint density at radius 2 is 1.72 bits per heavy atom. The van der Waals surface area contributed by atoms with E-state index in [1.807, 2.05) is 65.7 Å². The van der Waals surface area contributed by atoms with Gasteiger partial charge in [-0.15, -0.1) is 0 Å². The van der Waals surface area contributed by atoms with Crippen LogP contribution < -0.4 is 5.01 Å². The molecule has 25 heavy (non-hydrogen) atoms. The quantitative estimate of drug-likeness (QED) is 0.684. The largest absolute Gasteiger partial charge is 0.465 e. The molecule has 3 aromatic heterocycles. The molecule has 1 aliphatic rings. The van der Waals surface area contributed by atoms with Gasteiger partial charge in [-0.3, -0.25) is 0 Å². The second kappa shape index (κ2) is 7.05. The third kappa shape index (κ3) is 3.61. The zero-order valence-corrected chi connectivity index (χ0v) is 13.5. The average molecular weight is 331 g/mol. The van der Waals surface area contributed by atoms with Crippen LogP contribution in [0.1, 0.15) is 17.9 Å². The maximum atomic E-state index is 5.37. The Hall–Kier alpha value is -3.34. The first-order chi connectivity index (χ1) is 12.4. The summed E-state index contributed by atoms with van der Waals surface area (Å²) in [6.07, 6.45) is 13.8. The van der Waals surface area contributed by atoms with Crippen molar-refractivity contribution < 1.29 is 8.83 Å².